The fourth-order valence-electron chi connectivity index (χ4n) is 2.12. The van der Waals surface area contributed by atoms with Crippen LogP contribution in [-0.2, 0) is 12.8 Å². The molecule has 0 saturated carbocycles. The molecular formula is C15H18O2. The van der Waals surface area contributed by atoms with Crippen LogP contribution in [0, 0.1) is 12.8 Å². The maximum atomic E-state index is 9.42. The lowest BCUT2D eigenvalue weighted by atomic mass is 9.94. The Balaban J connectivity index is 2.00. The Morgan fingerprint density at radius 1 is 1.18 bits per heavy atom. The molecule has 0 aliphatic carbocycles. The molecule has 1 aromatic carbocycles. The van der Waals surface area contributed by atoms with Crippen LogP contribution in [0.25, 0.3) is 0 Å². The lowest BCUT2D eigenvalue weighted by Crippen LogP contribution is -2.12. The van der Waals surface area contributed by atoms with Crippen LogP contribution in [0.1, 0.15) is 16.7 Å². The largest absolute Gasteiger partial charge is 0.472 e. The molecule has 0 aliphatic rings. The van der Waals surface area contributed by atoms with Crippen molar-refractivity contribution in [2.75, 3.05) is 6.61 Å². The van der Waals surface area contributed by atoms with Gasteiger partial charge in [0, 0.05) is 6.61 Å². The van der Waals surface area contributed by atoms with E-state index in [0.29, 0.717) is 0 Å². The van der Waals surface area contributed by atoms with Gasteiger partial charge in [-0.05, 0) is 42.9 Å². The Morgan fingerprint density at radius 2 is 2.00 bits per heavy atom. The first kappa shape index (κ1) is 11.9. The van der Waals surface area contributed by atoms with Crippen molar-refractivity contribution in [2.45, 2.75) is 19.8 Å². The summed E-state index contributed by atoms with van der Waals surface area (Å²) in [6, 6.07) is 10.4. The predicted octanol–water partition coefficient (Wildman–Crippen LogP) is 2.98. The van der Waals surface area contributed by atoms with E-state index in [1.807, 2.05) is 6.07 Å². The van der Waals surface area contributed by atoms with Crippen LogP contribution in [-0.4, -0.2) is 11.7 Å². The summed E-state index contributed by atoms with van der Waals surface area (Å²) in [5, 5.41) is 9.42. The minimum atomic E-state index is 0.207. The zero-order valence-corrected chi connectivity index (χ0v) is 10.1. The maximum Gasteiger partial charge on any atom is 0.0934 e. The first-order valence-corrected chi connectivity index (χ1v) is 5.95. The third-order valence-corrected chi connectivity index (χ3v) is 2.97. The Kier molecular flexibility index (Phi) is 3.99. The van der Waals surface area contributed by atoms with E-state index in [0.717, 1.165) is 18.4 Å². The number of furan rings is 1. The molecule has 1 aromatic heterocycles. The van der Waals surface area contributed by atoms with Gasteiger partial charge in [0.2, 0.25) is 0 Å². The quantitative estimate of drug-likeness (QED) is 0.856. The van der Waals surface area contributed by atoms with Crippen molar-refractivity contribution in [3.63, 3.8) is 0 Å². The molecule has 0 bridgehead atoms. The molecule has 0 amide bonds. The number of hydrogen-bond acceptors (Lipinski definition) is 2. The lowest BCUT2D eigenvalue weighted by Gasteiger charge is -2.13. The summed E-state index contributed by atoms with van der Waals surface area (Å²) in [6.07, 6.45) is 5.19. The van der Waals surface area contributed by atoms with Gasteiger partial charge in [0.25, 0.3) is 0 Å². The van der Waals surface area contributed by atoms with Gasteiger partial charge in [-0.15, -0.1) is 0 Å². The van der Waals surface area contributed by atoms with Gasteiger partial charge in [0.15, 0.2) is 0 Å². The molecule has 2 aromatic rings. The van der Waals surface area contributed by atoms with Crippen molar-refractivity contribution in [3.8, 4) is 0 Å². The van der Waals surface area contributed by atoms with Gasteiger partial charge in [-0.25, -0.2) is 0 Å². The molecule has 1 unspecified atom stereocenters. The van der Waals surface area contributed by atoms with Crippen LogP contribution in [0.4, 0.5) is 0 Å². The summed E-state index contributed by atoms with van der Waals surface area (Å²) >= 11 is 0. The van der Waals surface area contributed by atoms with Crippen LogP contribution in [0.2, 0.25) is 0 Å². The summed E-state index contributed by atoms with van der Waals surface area (Å²) in [7, 11) is 0. The zero-order chi connectivity index (χ0) is 12.1. The number of aliphatic hydroxyl groups excluding tert-OH is 1. The lowest BCUT2D eigenvalue weighted by molar-refractivity contribution is 0.225. The number of aryl methyl sites for hydroxylation is 1. The summed E-state index contributed by atoms with van der Waals surface area (Å²) < 4.78 is 5.05. The molecule has 2 nitrogen and oxygen atoms in total. The van der Waals surface area contributed by atoms with Gasteiger partial charge in [0.1, 0.15) is 0 Å². The summed E-state index contributed by atoms with van der Waals surface area (Å²) in [4.78, 5) is 0. The van der Waals surface area contributed by atoms with E-state index < -0.39 is 0 Å². The van der Waals surface area contributed by atoms with Crippen molar-refractivity contribution < 1.29 is 9.52 Å². The minimum Gasteiger partial charge on any atom is -0.472 e. The van der Waals surface area contributed by atoms with Gasteiger partial charge >= 0.3 is 0 Å². The van der Waals surface area contributed by atoms with E-state index in [-0.39, 0.29) is 12.5 Å². The number of hydrogen-bond donors (Lipinski definition) is 1. The topological polar surface area (TPSA) is 33.4 Å². The van der Waals surface area contributed by atoms with E-state index in [9.17, 15) is 5.11 Å². The average Bonchev–Trinajstić information content (AvgIpc) is 2.81. The number of rotatable bonds is 5. The van der Waals surface area contributed by atoms with Crippen molar-refractivity contribution in [1.29, 1.82) is 0 Å². The Hall–Kier alpha value is -1.54. The summed E-state index contributed by atoms with van der Waals surface area (Å²) in [5.41, 5.74) is 3.70. The molecule has 0 fully saturated rings. The normalized spacial score (nSPS) is 12.6. The zero-order valence-electron chi connectivity index (χ0n) is 10.1. The van der Waals surface area contributed by atoms with E-state index in [1.165, 1.54) is 11.1 Å². The SMILES string of the molecule is Cc1cccc(CC(CO)Cc2ccoc2)c1. The second-order valence-electron chi connectivity index (χ2n) is 4.58. The van der Waals surface area contributed by atoms with Crippen LogP contribution < -0.4 is 0 Å². The minimum absolute atomic E-state index is 0.207. The third kappa shape index (κ3) is 3.46. The number of benzene rings is 1. The van der Waals surface area contributed by atoms with Crippen LogP contribution in [0.5, 0.6) is 0 Å². The molecule has 1 atom stereocenters. The van der Waals surface area contributed by atoms with Gasteiger partial charge in [0.05, 0.1) is 12.5 Å². The summed E-state index contributed by atoms with van der Waals surface area (Å²) in [5.74, 6) is 0.259. The smallest absolute Gasteiger partial charge is 0.0934 e. The van der Waals surface area contributed by atoms with Crippen molar-refractivity contribution in [3.05, 3.63) is 59.5 Å². The molecule has 17 heavy (non-hydrogen) atoms. The second kappa shape index (κ2) is 5.69. The fourth-order valence-corrected chi connectivity index (χ4v) is 2.12. The van der Waals surface area contributed by atoms with Crippen LogP contribution >= 0.6 is 0 Å². The highest BCUT2D eigenvalue weighted by Crippen LogP contribution is 2.15. The fraction of sp³-hybridized carbons (Fsp3) is 0.333. The van der Waals surface area contributed by atoms with Gasteiger partial charge in [-0.1, -0.05) is 29.8 Å². The predicted molar refractivity (Wildman–Crippen MR) is 67.9 cm³/mol. The third-order valence-electron chi connectivity index (χ3n) is 2.97. The monoisotopic (exact) mass is 230 g/mol. The Labute approximate surface area is 102 Å². The first-order valence-electron chi connectivity index (χ1n) is 5.95. The highest BCUT2D eigenvalue weighted by Gasteiger charge is 2.10. The van der Waals surface area contributed by atoms with E-state index >= 15 is 0 Å². The van der Waals surface area contributed by atoms with E-state index in [2.05, 4.69) is 31.2 Å². The van der Waals surface area contributed by atoms with Gasteiger partial charge < -0.3 is 9.52 Å². The molecule has 2 heteroatoms. The number of aliphatic hydroxyl groups is 1. The highest BCUT2D eigenvalue weighted by atomic mass is 16.3. The van der Waals surface area contributed by atoms with E-state index in [1.54, 1.807) is 12.5 Å². The molecule has 2 rings (SSSR count). The molecule has 90 valence electrons. The Bertz CT molecular complexity index is 446. The summed E-state index contributed by atoms with van der Waals surface area (Å²) in [6.45, 7) is 2.30. The molecule has 0 aliphatic heterocycles. The van der Waals surface area contributed by atoms with Crippen LogP contribution in [0.15, 0.2) is 47.3 Å². The molecule has 0 spiro atoms. The highest BCUT2D eigenvalue weighted by molar-refractivity contribution is 5.23. The molecule has 0 saturated heterocycles. The van der Waals surface area contributed by atoms with E-state index in [4.69, 9.17) is 4.42 Å². The second-order valence-corrected chi connectivity index (χ2v) is 4.58. The van der Waals surface area contributed by atoms with Gasteiger partial charge in [-0.3, -0.25) is 0 Å². The van der Waals surface area contributed by atoms with Crippen molar-refractivity contribution >= 4 is 0 Å². The Morgan fingerprint density at radius 3 is 2.65 bits per heavy atom. The van der Waals surface area contributed by atoms with Crippen molar-refractivity contribution in [2.24, 2.45) is 5.92 Å². The molecule has 1 N–H and O–H groups in total. The maximum absolute atomic E-state index is 9.42. The molecular weight excluding hydrogens is 212 g/mol. The van der Waals surface area contributed by atoms with Gasteiger partial charge in [-0.2, -0.15) is 0 Å². The average molecular weight is 230 g/mol. The van der Waals surface area contributed by atoms with Crippen molar-refractivity contribution in [1.82, 2.24) is 0 Å². The van der Waals surface area contributed by atoms with Crippen LogP contribution in [0.3, 0.4) is 0 Å². The molecule has 1 heterocycles. The molecule has 0 radical (unpaired) electrons. The first-order chi connectivity index (χ1) is 8.28. The standard InChI is InChI=1S/C15H18O2/c1-12-3-2-4-13(7-12)8-15(10-16)9-14-5-6-17-11-14/h2-7,11,15-16H,8-10H2,1H3.